The molecule has 27 heavy (non-hydrogen) atoms. The van der Waals surface area contributed by atoms with Crippen molar-refractivity contribution in [3.8, 4) is 5.75 Å². The van der Waals surface area contributed by atoms with E-state index in [2.05, 4.69) is 29.5 Å². The first-order valence-corrected chi connectivity index (χ1v) is 8.83. The summed E-state index contributed by atoms with van der Waals surface area (Å²) in [5.74, 6) is 0.967. The molecule has 2 N–H and O–H groups in total. The Bertz CT molecular complexity index is 921. The molecule has 0 aliphatic rings. The lowest BCUT2D eigenvalue weighted by molar-refractivity contribution is 0.102. The van der Waals surface area contributed by atoms with Crippen molar-refractivity contribution in [1.82, 2.24) is 4.98 Å². The molecule has 3 rings (SSSR count). The van der Waals surface area contributed by atoms with Crippen molar-refractivity contribution in [2.75, 3.05) is 17.7 Å². The molecular formula is C22H23N3O2. The van der Waals surface area contributed by atoms with E-state index in [4.69, 9.17) is 4.74 Å². The number of anilines is 3. The van der Waals surface area contributed by atoms with Gasteiger partial charge in [0.05, 0.1) is 7.11 Å². The summed E-state index contributed by atoms with van der Waals surface area (Å²) < 4.78 is 5.23. The minimum Gasteiger partial charge on any atom is -0.497 e. The van der Waals surface area contributed by atoms with E-state index < -0.39 is 0 Å². The molecular weight excluding hydrogens is 338 g/mol. The van der Waals surface area contributed by atoms with Crippen LogP contribution in [0.4, 0.5) is 17.1 Å². The van der Waals surface area contributed by atoms with Crippen LogP contribution in [0.15, 0.2) is 66.9 Å². The molecule has 0 bridgehead atoms. The number of pyridine rings is 1. The summed E-state index contributed by atoms with van der Waals surface area (Å²) in [4.78, 5) is 16.7. The fourth-order valence-corrected chi connectivity index (χ4v) is 2.65. The summed E-state index contributed by atoms with van der Waals surface area (Å²) in [6, 6.07) is 19.0. The molecule has 1 amide bonds. The number of carbonyl (C=O) groups excluding carboxylic acids is 1. The van der Waals surface area contributed by atoms with Gasteiger partial charge in [-0.05, 0) is 47.9 Å². The van der Waals surface area contributed by atoms with Crippen LogP contribution in [0, 0.1) is 0 Å². The van der Waals surface area contributed by atoms with Crippen LogP contribution in [0.2, 0.25) is 0 Å². The number of hydrogen-bond donors (Lipinski definition) is 2. The number of rotatable bonds is 6. The number of benzene rings is 2. The second kappa shape index (κ2) is 8.36. The molecule has 3 aromatic rings. The molecule has 0 radical (unpaired) electrons. The minimum absolute atomic E-state index is 0.249. The van der Waals surface area contributed by atoms with Crippen molar-refractivity contribution in [2.24, 2.45) is 0 Å². The van der Waals surface area contributed by atoms with Crippen LogP contribution in [0.25, 0.3) is 0 Å². The van der Waals surface area contributed by atoms with Gasteiger partial charge in [-0.15, -0.1) is 0 Å². The van der Waals surface area contributed by atoms with Gasteiger partial charge >= 0.3 is 0 Å². The van der Waals surface area contributed by atoms with Crippen molar-refractivity contribution in [1.29, 1.82) is 0 Å². The first-order valence-electron chi connectivity index (χ1n) is 8.83. The fraction of sp³-hybridized carbons (Fsp3) is 0.182. The van der Waals surface area contributed by atoms with Crippen molar-refractivity contribution in [3.05, 3.63) is 78.1 Å². The maximum Gasteiger partial charge on any atom is 0.274 e. The Labute approximate surface area is 159 Å². The first kappa shape index (κ1) is 18.5. The van der Waals surface area contributed by atoms with Crippen LogP contribution in [-0.4, -0.2) is 18.0 Å². The van der Waals surface area contributed by atoms with Gasteiger partial charge < -0.3 is 15.4 Å². The zero-order valence-corrected chi connectivity index (χ0v) is 15.7. The zero-order chi connectivity index (χ0) is 19.2. The predicted octanol–water partition coefficient (Wildman–Crippen LogP) is 5.21. The number of carbonyl (C=O) groups is 1. The van der Waals surface area contributed by atoms with E-state index in [-0.39, 0.29) is 5.91 Å². The molecule has 5 nitrogen and oxygen atoms in total. The van der Waals surface area contributed by atoms with Gasteiger partial charge in [-0.2, -0.15) is 0 Å². The lowest BCUT2D eigenvalue weighted by Crippen LogP contribution is -2.13. The molecule has 0 aliphatic carbocycles. The van der Waals surface area contributed by atoms with Gasteiger partial charge in [-0.3, -0.25) is 9.78 Å². The topological polar surface area (TPSA) is 63.2 Å². The minimum atomic E-state index is -0.249. The van der Waals surface area contributed by atoms with E-state index in [1.54, 1.807) is 19.4 Å². The Morgan fingerprint density at radius 1 is 0.963 bits per heavy atom. The van der Waals surface area contributed by atoms with Gasteiger partial charge in [0.2, 0.25) is 0 Å². The Kier molecular flexibility index (Phi) is 5.71. The summed E-state index contributed by atoms with van der Waals surface area (Å²) in [5.41, 5.74) is 3.97. The Morgan fingerprint density at radius 3 is 2.41 bits per heavy atom. The molecule has 0 aliphatic heterocycles. The van der Waals surface area contributed by atoms with Gasteiger partial charge in [0, 0.05) is 29.3 Å². The van der Waals surface area contributed by atoms with Crippen LogP contribution in [0.5, 0.6) is 5.75 Å². The molecule has 1 aromatic heterocycles. The summed E-state index contributed by atoms with van der Waals surface area (Å²) in [6.45, 7) is 4.27. The van der Waals surface area contributed by atoms with E-state index in [9.17, 15) is 4.79 Å². The molecule has 0 fully saturated rings. The summed E-state index contributed by atoms with van der Waals surface area (Å²) in [6.07, 6.45) is 1.61. The number of ether oxygens (including phenoxy) is 1. The SMILES string of the molecule is COc1cccc(Nc2ccnc(C(=O)Nc3ccc(C(C)C)cc3)c2)c1. The molecule has 1 heterocycles. The van der Waals surface area contributed by atoms with E-state index in [0.29, 0.717) is 11.6 Å². The van der Waals surface area contributed by atoms with E-state index in [0.717, 1.165) is 22.8 Å². The summed E-state index contributed by atoms with van der Waals surface area (Å²) in [5, 5.41) is 6.14. The van der Waals surface area contributed by atoms with E-state index >= 15 is 0 Å². The Balaban J connectivity index is 1.71. The normalized spacial score (nSPS) is 10.5. The number of methoxy groups -OCH3 is 1. The number of amides is 1. The highest BCUT2D eigenvalue weighted by atomic mass is 16.5. The van der Waals surface area contributed by atoms with Gasteiger partial charge in [-0.25, -0.2) is 0 Å². The van der Waals surface area contributed by atoms with Crippen LogP contribution >= 0.6 is 0 Å². The maximum atomic E-state index is 12.5. The molecule has 0 unspecified atom stereocenters. The highest BCUT2D eigenvalue weighted by molar-refractivity contribution is 6.03. The Morgan fingerprint density at radius 2 is 1.70 bits per heavy atom. The average molecular weight is 361 g/mol. The average Bonchev–Trinajstić information content (AvgIpc) is 2.68. The van der Waals surface area contributed by atoms with Crippen molar-refractivity contribution in [2.45, 2.75) is 19.8 Å². The second-order valence-electron chi connectivity index (χ2n) is 6.52. The lowest BCUT2D eigenvalue weighted by atomic mass is 10.0. The van der Waals surface area contributed by atoms with Gasteiger partial charge in [0.1, 0.15) is 11.4 Å². The zero-order valence-electron chi connectivity index (χ0n) is 15.7. The van der Waals surface area contributed by atoms with Gasteiger partial charge in [-0.1, -0.05) is 32.0 Å². The van der Waals surface area contributed by atoms with Crippen molar-refractivity contribution < 1.29 is 9.53 Å². The second-order valence-corrected chi connectivity index (χ2v) is 6.52. The van der Waals surface area contributed by atoms with E-state index in [1.165, 1.54) is 5.56 Å². The smallest absolute Gasteiger partial charge is 0.274 e. The molecule has 5 heteroatoms. The number of nitrogens with one attached hydrogen (secondary N) is 2. The van der Waals surface area contributed by atoms with Crippen molar-refractivity contribution >= 4 is 23.0 Å². The summed E-state index contributed by atoms with van der Waals surface area (Å²) >= 11 is 0. The number of nitrogens with zero attached hydrogens (tertiary/aromatic N) is 1. The van der Waals surface area contributed by atoms with Crippen LogP contribution in [-0.2, 0) is 0 Å². The Hall–Kier alpha value is -3.34. The largest absolute Gasteiger partial charge is 0.497 e. The highest BCUT2D eigenvalue weighted by Crippen LogP contribution is 2.22. The molecule has 0 saturated heterocycles. The summed E-state index contributed by atoms with van der Waals surface area (Å²) in [7, 11) is 1.63. The first-order chi connectivity index (χ1) is 13.0. The third-order valence-electron chi connectivity index (χ3n) is 4.19. The van der Waals surface area contributed by atoms with E-state index in [1.807, 2.05) is 54.6 Å². The predicted molar refractivity (Wildman–Crippen MR) is 109 cm³/mol. The van der Waals surface area contributed by atoms with Gasteiger partial charge in [0.25, 0.3) is 5.91 Å². The monoisotopic (exact) mass is 361 g/mol. The fourth-order valence-electron chi connectivity index (χ4n) is 2.65. The lowest BCUT2D eigenvalue weighted by Gasteiger charge is -2.10. The maximum absolute atomic E-state index is 12.5. The molecule has 0 spiro atoms. The molecule has 0 saturated carbocycles. The number of aromatic nitrogens is 1. The number of hydrogen-bond acceptors (Lipinski definition) is 4. The van der Waals surface area contributed by atoms with Crippen LogP contribution in [0.1, 0.15) is 35.8 Å². The highest BCUT2D eigenvalue weighted by Gasteiger charge is 2.09. The third-order valence-corrected chi connectivity index (χ3v) is 4.19. The molecule has 0 atom stereocenters. The quantitative estimate of drug-likeness (QED) is 0.633. The van der Waals surface area contributed by atoms with Crippen LogP contribution in [0.3, 0.4) is 0 Å². The third kappa shape index (κ3) is 4.85. The van der Waals surface area contributed by atoms with Gasteiger partial charge in [0.15, 0.2) is 0 Å². The van der Waals surface area contributed by atoms with Crippen molar-refractivity contribution in [3.63, 3.8) is 0 Å². The van der Waals surface area contributed by atoms with Crippen LogP contribution < -0.4 is 15.4 Å². The molecule has 138 valence electrons. The molecule has 2 aromatic carbocycles. The standard InChI is InChI=1S/C22H23N3O2/c1-15(2)16-7-9-17(10-8-16)25-22(26)21-14-19(11-12-23-21)24-18-5-4-6-20(13-18)27-3/h4-15H,1-3H3,(H,23,24)(H,25,26).